The van der Waals surface area contributed by atoms with Gasteiger partial charge in [0.15, 0.2) is 17.5 Å². The van der Waals surface area contributed by atoms with Crippen molar-refractivity contribution in [2.75, 3.05) is 0 Å². The van der Waals surface area contributed by atoms with Crippen molar-refractivity contribution in [3.05, 3.63) is 264 Å². The fourth-order valence-electron chi connectivity index (χ4n) is 11.1. The van der Waals surface area contributed by atoms with Crippen molar-refractivity contribution in [1.29, 1.82) is 0 Å². The number of allylic oxidation sites excluding steroid dienone is 8. The maximum atomic E-state index is 5.22. The predicted molar refractivity (Wildman–Crippen MR) is 306 cm³/mol. The van der Waals surface area contributed by atoms with Crippen molar-refractivity contribution < 1.29 is 0 Å². The lowest BCUT2D eigenvalue weighted by Gasteiger charge is -2.13. The van der Waals surface area contributed by atoms with Crippen molar-refractivity contribution >= 4 is 50.1 Å². The van der Waals surface area contributed by atoms with Gasteiger partial charge in [0.2, 0.25) is 0 Å². The summed E-state index contributed by atoms with van der Waals surface area (Å²) in [6, 6.07) is 66.6. The molecular formula is C68H52N6. The van der Waals surface area contributed by atoms with E-state index in [4.69, 9.17) is 19.9 Å². The normalized spacial score (nSPS) is 14.2. The minimum Gasteiger partial charge on any atom is -0.313 e. The van der Waals surface area contributed by atoms with E-state index in [0.29, 0.717) is 17.5 Å². The van der Waals surface area contributed by atoms with Crippen LogP contribution in [0.4, 0.5) is 0 Å². The van der Waals surface area contributed by atoms with Crippen molar-refractivity contribution in [3.8, 4) is 51.1 Å². The van der Waals surface area contributed by atoms with Crippen LogP contribution in [0.25, 0.3) is 101 Å². The van der Waals surface area contributed by atoms with Gasteiger partial charge in [-0.05, 0) is 121 Å². The number of benzene rings is 7. The number of aryl methyl sites for hydroxylation is 1. The van der Waals surface area contributed by atoms with Crippen LogP contribution in [-0.4, -0.2) is 29.1 Å². The monoisotopic (exact) mass is 952 g/mol. The minimum absolute atomic E-state index is 0.641. The van der Waals surface area contributed by atoms with Gasteiger partial charge in [0.05, 0.1) is 33.6 Å². The number of aromatic nitrogens is 6. The third-order valence-electron chi connectivity index (χ3n) is 14.4. The van der Waals surface area contributed by atoms with E-state index < -0.39 is 0 Å². The van der Waals surface area contributed by atoms with Gasteiger partial charge in [-0.1, -0.05) is 170 Å². The zero-order chi connectivity index (χ0) is 49.4. The summed E-state index contributed by atoms with van der Waals surface area (Å²) in [7, 11) is 0. The van der Waals surface area contributed by atoms with Crippen molar-refractivity contribution in [2.24, 2.45) is 0 Å². The van der Waals surface area contributed by atoms with E-state index in [9.17, 15) is 0 Å². The second-order valence-electron chi connectivity index (χ2n) is 19.1. The topological polar surface area (TPSA) is 61.4 Å². The lowest BCUT2D eigenvalue weighted by molar-refractivity contribution is 0.959. The first kappa shape index (κ1) is 44.7. The number of pyridine rings is 1. The molecular weight excluding hydrogens is 901 g/mol. The molecule has 4 aromatic heterocycles. The maximum Gasteiger partial charge on any atom is 0.164 e. The number of hydrogen-bond acceptors (Lipinski definition) is 4. The zero-order valence-corrected chi connectivity index (χ0v) is 41.2. The van der Waals surface area contributed by atoms with Crippen LogP contribution < -0.4 is 10.4 Å². The number of fused-ring (bicyclic) bond motifs is 7. The van der Waals surface area contributed by atoms with Crippen molar-refractivity contribution in [1.82, 2.24) is 29.1 Å². The average Bonchev–Trinajstić information content (AvgIpc) is 3.85. The van der Waals surface area contributed by atoms with Crippen LogP contribution >= 0.6 is 0 Å². The Bertz CT molecular complexity index is 4140. The lowest BCUT2D eigenvalue weighted by atomic mass is 10.00. The Kier molecular flexibility index (Phi) is 11.7. The molecule has 0 fully saturated rings. The summed E-state index contributed by atoms with van der Waals surface area (Å²) in [6.07, 6.45) is 23.1. The largest absolute Gasteiger partial charge is 0.313 e. The summed E-state index contributed by atoms with van der Waals surface area (Å²) in [5.74, 6) is 1.94. The Hall–Kier alpha value is -9.26. The summed E-state index contributed by atoms with van der Waals surface area (Å²) in [4.78, 5) is 20.2. The molecule has 0 amide bonds. The summed E-state index contributed by atoms with van der Waals surface area (Å²) in [5, 5.41) is 6.12. The van der Waals surface area contributed by atoms with Gasteiger partial charge in [0, 0.05) is 61.4 Å². The molecule has 0 unspecified atom stereocenters. The first-order valence-electron chi connectivity index (χ1n) is 25.8. The highest BCUT2D eigenvalue weighted by atomic mass is 15.0. The quantitative estimate of drug-likeness (QED) is 0.135. The van der Waals surface area contributed by atoms with E-state index in [1.807, 2.05) is 60.7 Å². The first-order chi connectivity index (χ1) is 36.7. The van der Waals surface area contributed by atoms with Crippen LogP contribution in [-0.2, 0) is 12.8 Å². The standard InChI is InChI=1S/C68H52N6/c1-2-22-59(54-32-19-18-31-52(54)43-46-44-57(47-23-8-3-9-24-47)69-58(45-46)48-25-10-4-11-26-48)74-61-36-21-20-34-56(61)65-63(74)42-41-62-64(65)55-33-16-7-17-35-60(55)73(62)53-39-37-51(38-40-53)68-71-66(49-27-12-5-13-28-49)70-67(72-68)50-29-14-6-15-30-50/h2-3,5-10,12-15,17-32,34,36-45H,4,11,16,33,35H2,1H3/b22-2-,52-43+,59-54+. The smallest absolute Gasteiger partial charge is 0.164 e. The third-order valence-corrected chi connectivity index (χ3v) is 14.4. The second kappa shape index (κ2) is 19.4. The van der Waals surface area contributed by atoms with Crippen LogP contribution in [0.5, 0.6) is 0 Å². The van der Waals surface area contributed by atoms with Gasteiger partial charge < -0.3 is 9.13 Å². The molecule has 354 valence electrons. The number of hydrogen-bond donors (Lipinski definition) is 0. The summed E-state index contributed by atoms with van der Waals surface area (Å²) in [6.45, 7) is 2.12. The second-order valence-corrected chi connectivity index (χ2v) is 19.1. The predicted octanol–water partition coefficient (Wildman–Crippen LogP) is 14.8. The SMILES string of the molecule is C\C=C/C(=c1/cccc/c1=C\c1cc(C2=CCCC=C2)nc(-c2ccccc2)c1)n1c2ccccc2c2c3c4c(n(-c5ccc(-c6nc(-c7ccccc7)nc(-c7ccccc7)n6)cc5)c3ccc21)CC=CCC4. The van der Waals surface area contributed by atoms with Gasteiger partial charge in [-0.3, -0.25) is 0 Å². The van der Waals surface area contributed by atoms with E-state index in [1.165, 1.54) is 49.5 Å². The van der Waals surface area contributed by atoms with E-state index in [-0.39, 0.29) is 0 Å². The van der Waals surface area contributed by atoms with Crippen LogP contribution in [0.1, 0.15) is 48.7 Å². The molecule has 6 nitrogen and oxygen atoms in total. The Balaban J connectivity index is 0.991. The molecule has 4 heterocycles. The van der Waals surface area contributed by atoms with Gasteiger partial charge in [0.1, 0.15) is 0 Å². The highest BCUT2D eigenvalue weighted by molar-refractivity contribution is 6.23. The summed E-state index contributed by atoms with van der Waals surface area (Å²) >= 11 is 0. The Morgan fingerprint density at radius 2 is 1.15 bits per heavy atom. The Labute approximate surface area is 430 Å². The molecule has 74 heavy (non-hydrogen) atoms. The highest BCUT2D eigenvalue weighted by Crippen LogP contribution is 2.43. The van der Waals surface area contributed by atoms with Crippen molar-refractivity contribution in [2.45, 2.75) is 39.0 Å². The van der Waals surface area contributed by atoms with Gasteiger partial charge in [-0.15, -0.1) is 0 Å². The molecule has 0 atom stereocenters. The first-order valence-corrected chi connectivity index (χ1v) is 25.8. The van der Waals surface area contributed by atoms with Crippen LogP contribution in [0.2, 0.25) is 0 Å². The number of rotatable bonds is 9. The van der Waals surface area contributed by atoms with E-state index in [1.54, 1.807) is 0 Å². The average molecular weight is 953 g/mol. The Morgan fingerprint density at radius 3 is 1.85 bits per heavy atom. The van der Waals surface area contributed by atoms with Crippen LogP contribution in [0.15, 0.2) is 231 Å². The summed E-state index contributed by atoms with van der Waals surface area (Å²) < 4.78 is 5.00. The number of para-hydroxylation sites is 1. The molecule has 6 heteroatoms. The van der Waals surface area contributed by atoms with Crippen LogP contribution in [0, 0.1) is 0 Å². The van der Waals surface area contributed by atoms with E-state index >= 15 is 0 Å². The lowest BCUT2D eigenvalue weighted by Crippen LogP contribution is -2.28. The molecule has 0 aliphatic heterocycles. The maximum absolute atomic E-state index is 5.22. The molecule has 0 bridgehead atoms. The van der Waals surface area contributed by atoms with Gasteiger partial charge >= 0.3 is 0 Å². The number of nitrogens with zero attached hydrogens (tertiary/aromatic N) is 6. The summed E-state index contributed by atoms with van der Waals surface area (Å²) in [5.41, 5.74) is 16.7. The Morgan fingerprint density at radius 1 is 0.514 bits per heavy atom. The minimum atomic E-state index is 0.641. The third kappa shape index (κ3) is 8.20. The molecule has 0 saturated heterocycles. The van der Waals surface area contributed by atoms with Gasteiger partial charge in [-0.2, -0.15) is 0 Å². The molecule has 0 radical (unpaired) electrons. The van der Waals surface area contributed by atoms with Crippen LogP contribution in [0.3, 0.4) is 0 Å². The molecule has 0 spiro atoms. The highest BCUT2D eigenvalue weighted by Gasteiger charge is 2.25. The fourth-order valence-corrected chi connectivity index (χ4v) is 11.1. The molecule has 0 saturated carbocycles. The molecule has 0 N–H and O–H groups in total. The molecule has 2 aliphatic rings. The van der Waals surface area contributed by atoms with Gasteiger partial charge in [-0.25, -0.2) is 19.9 Å². The molecule has 11 aromatic rings. The zero-order valence-electron chi connectivity index (χ0n) is 41.2. The van der Waals surface area contributed by atoms with E-state index in [2.05, 4.69) is 192 Å². The van der Waals surface area contributed by atoms with E-state index in [0.717, 1.165) is 93.1 Å². The van der Waals surface area contributed by atoms with Crippen molar-refractivity contribution in [3.63, 3.8) is 0 Å². The molecule has 13 rings (SSSR count). The fraction of sp³-hybridized carbons (Fsp3) is 0.0882. The molecule has 7 aromatic carbocycles. The molecule has 2 aliphatic carbocycles. The van der Waals surface area contributed by atoms with Gasteiger partial charge in [0.25, 0.3) is 0 Å².